The van der Waals surface area contributed by atoms with E-state index >= 15 is 0 Å². The third-order valence-electron chi connectivity index (χ3n) is 4.13. The van der Waals surface area contributed by atoms with Gasteiger partial charge in [0.05, 0.1) is 10.2 Å². The molecule has 0 radical (unpaired) electrons. The van der Waals surface area contributed by atoms with Crippen molar-refractivity contribution in [3.05, 3.63) is 32.4 Å². The lowest BCUT2D eigenvalue weighted by molar-refractivity contribution is -0.137. The second-order valence-electron chi connectivity index (χ2n) is 5.52. The van der Waals surface area contributed by atoms with E-state index in [1.54, 1.807) is 6.07 Å². The normalized spacial score (nSPS) is 16.4. The summed E-state index contributed by atoms with van der Waals surface area (Å²) in [5.74, 6) is -0.565. The van der Waals surface area contributed by atoms with E-state index in [0.717, 1.165) is 34.4 Å². The number of rotatable bonds is 3. The Labute approximate surface area is 131 Å². The summed E-state index contributed by atoms with van der Waals surface area (Å²) in [6.07, 6.45) is 5.98. The zero-order valence-corrected chi connectivity index (χ0v) is 13.0. The van der Waals surface area contributed by atoms with Crippen LogP contribution in [-0.2, 0) is 11.3 Å². The number of aromatic nitrogens is 1. The maximum atomic E-state index is 11.9. The van der Waals surface area contributed by atoms with E-state index in [1.807, 2.05) is 6.07 Å². The van der Waals surface area contributed by atoms with Gasteiger partial charge in [0.25, 0.3) is 0 Å². The third-order valence-corrected chi connectivity index (χ3v) is 5.39. The Kier molecular flexibility index (Phi) is 4.04. The summed E-state index contributed by atoms with van der Waals surface area (Å²) in [5.41, 5.74) is 1.73. The molecule has 21 heavy (non-hydrogen) atoms. The molecule has 0 amide bonds. The fourth-order valence-corrected chi connectivity index (χ4v) is 4.34. The molecule has 112 valence electrons. The number of benzene rings is 1. The minimum atomic E-state index is -1.02. The van der Waals surface area contributed by atoms with Gasteiger partial charge in [-0.15, -0.1) is 0 Å². The number of nitrogens with zero attached hydrogens (tertiary/aromatic N) is 1. The molecule has 1 fully saturated rings. The molecule has 1 aliphatic rings. The first-order valence-corrected chi connectivity index (χ1v) is 8.30. The fourth-order valence-electron chi connectivity index (χ4n) is 3.11. The second kappa shape index (κ2) is 5.81. The van der Waals surface area contributed by atoms with Gasteiger partial charge < -0.3 is 5.11 Å². The molecular weight excluding hydrogens is 310 g/mol. The van der Waals surface area contributed by atoms with Crippen LogP contribution in [0.3, 0.4) is 0 Å². The van der Waals surface area contributed by atoms with Crippen LogP contribution in [0.5, 0.6) is 0 Å². The summed E-state index contributed by atoms with van der Waals surface area (Å²) in [5, 5.41) is 9.55. The van der Waals surface area contributed by atoms with Crippen molar-refractivity contribution in [2.75, 3.05) is 0 Å². The predicted octanol–water partition coefficient (Wildman–Crippen LogP) is 3.85. The summed E-state index contributed by atoms with van der Waals surface area (Å²) < 4.78 is 2.10. The lowest BCUT2D eigenvalue weighted by Crippen LogP contribution is -2.18. The van der Waals surface area contributed by atoms with E-state index in [-0.39, 0.29) is 11.4 Å². The van der Waals surface area contributed by atoms with Crippen molar-refractivity contribution in [1.29, 1.82) is 0 Å². The molecule has 0 bridgehead atoms. The summed E-state index contributed by atoms with van der Waals surface area (Å²) in [6, 6.07) is 3.74. The molecule has 0 atom stereocenters. The number of thiazole rings is 1. The molecule has 1 aromatic heterocycles. The molecule has 1 aliphatic carbocycles. The number of hydrogen-bond acceptors (Lipinski definition) is 3. The number of carboxylic acids is 1. The van der Waals surface area contributed by atoms with Crippen molar-refractivity contribution in [2.45, 2.75) is 44.6 Å². The minimum Gasteiger partial charge on any atom is -0.480 e. The lowest BCUT2D eigenvalue weighted by Gasteiger charge is -2.23. The number of fused-ring (bicyclic) bond motifs is 1. The van der Waals surface area contributed by atoms with Gasteiger partial charge in [0, 0.05) is 5.02 Å². The standard InChI is InChI=1S/C15H16ClNO3S/c16-11-7-12-13(21-15(20)17(12)8-14(18)19)6-10(11)9-4-2-1-3-5-9/h6-7,9H,1-5,8H2,(H,18,19). The highest BCUT2D eigenvalue weighted by Gasteiger charge is 2.20. The van der Waals surface area contributed by atoms with Crippen LogP contribution in [-0.4, -0.2) is 15.6 Å². The smallest absolute Gasteiger partial charge is 0.323 e. The number of aliphatic carboxylic acids is 1. The molecule has 0 aliphatic heterocycles. The van der Waals surface area contributed by atoms with Crippen molar-refractivity contribution in [1.82, 2.24) is 4.57 Å². The van der Waals surface area contributed by atoms with Gasteiger partial charge in [-0.1, -0.05) is 42.2 Å². The number of carboxylic acid groups (broad SMARTS) is 1. The molecule has 1 aromatic carbocycles. The van der Waals surface area contributed by atoms with Crippen LogP contribution < -0.4 is 4.87 Å². The van der Waals surface area contributed by atoms with Crippen LogP contribution in [0.4, 0.5) is 0 Å². The molecule has 0 saturated heterocycles. The highest BCUT2D eigenvalue weighted by molar-refractivity contribution is 7.16. The van der Waals surface area contributed by atoms with Gasteiger partial charge in [-0.25, -0.2) is 0 Å². The van der Waals surface area contributed by atoms with Crippen molar-refractivity contribution >= 4 is 39.1 Å². The molecule has 3 rings (SSSR count). The molecular formula is C15H16ClNO3S. The molecule has 6 heteroatoms. The zero-order valence-electron chi connectivity index (χ0n) is 11.5. The Balaban J connectivity index is 2.08. The first kappa shape index (κ1) is 14.6. The summed E-state index contributed by atoms with van der Waals surface area (Å²) in [4.78, 5) is 22.6. The van der Waals surface area contributed by atoms with Crippen LogP contribution in [0.25, 0.3) is 10.2 Å². The van der Waals surface area contributed by atoms with Gasteiger partial charge in [0.2, 0.25) is 0 Å². The Morgan fingerprint density at radius 1 is 1.33 bits per heavy atom. The van der Waals surface area contributed by atoms with Crippen molar-refractivity contribution in [3.8, 4) is 0 Å². The Bertz CT molecular complexity index is 743. The first-order chi connectivity index (χ1) is 10.1. The quantitative estimate of drug-likeness (QED) is 0.932. The van der Waals surface area contributed by atoms with Crippen LogP contribution in [0, 0.1) is 0 Å². The molecule has 1 heterocycles. The van der Waals surface area contributed by atoms with Crippen molar-refractivity contribution < 1.29 is 9.90 Å². The molecule has 0 spiro atoms. The summed E-state index contributed by atoms with van der Waals surface area (Å²) in [7, 11) is 0. The van der Waals surface area contributed by atoms with Gasteiger partial charge in [-0.2, -0.15) is 0 Å². The molecule has 4 nitrogen and oxygen atoms in total. The highest BCUT2D eigenvalue weighted by atomic mass is 35.5. The van der Waals surface area contributed by atoms with Crippen LogP contribution >= 0.6 is 22.9 Å². The zero-order chi connectivity index (χ0) is 15.0. The molecule has 1 saturated carbocycles. The van der Waals surface area contributed by atoms with Gasteiger partial charge in [0.15, 0.2) is 0 Å². The van der Waals surface area contributed by atoms with Gasteiger partial charge in [0.1, 0.15) is 6.54 Å². The molecule has 1 N–H and O–H groups in total. The maximum absolute atomic E-state index is 11.9. The topological polar surface area (TPSA) is 59.3 Å². The Morgan fingerprint density at radius 3 is 2.71 bits per heavy atom. The minimum absolute atomic E-state index is 0.246. The van der Waals surface area contributed by atoms with E-state index in [1.165, 1.54) is 23.8 Å². The average molecular weight is 326 g/mol. The van der Waals surface area contributed by atoms with E-state index in [9.17, 15) is 9.59 Å². The Morgan fingerprint density at radius 2 is 2.05 bits per heavy atom. The van der Waals surface area contributed by atoms with E-state index in [0.29, 0.717) is 16.5 Å². The largest absolute Gasteiger partial charge is 0.480 e. The SMILES string of the molecule is O=C(O)Cn1c(=O)sc2cc(C3CCCCC3)c(Cl)cc21. The van der Waals surface area contributed by atoms with Crippen LogP contribution in [0.15, 0.2) is 16.9 Å². The third kappa shape index (κ3) is 2.85. The van der Waals surface area contributed by atoms with Crippen LogP contribution in [0.2, 0.25) is 5.02 Å². The number of carbonyl (C=O) groups is 1. The van der Waals surface area contributed by atoms with E-state index in [2.05, 4.69) is 0 Å². The second-order valence-corrected chi connectivity index (χ2v) is 6.92. The summed E-state index contributed by atoms with van der Waals surface area (Å²) in [6.45, 7) is -0.321. The van der Waals surface area contributed by atoms with Gasteiger partial charge in [-0.05, 0) is 36.5 Å². The van der Waals surface area contributed by atoms with E-state index in [4.69, 9.17) is 16.7 Å². The van der Waals surface area contributed by atoms with Crippen molar-refractivity contribution in [3.63, 3.8) is 0 Å². The number of hydrogen-bond donors (Lipinski definition) is 1. The van der Waals surface area contributed by atoms with Crippen LogP contribution in [0.1, 0.15) is 43.6 Å². The molecule has 0 unspecified atom stereocenters. The Hall–Kier alpha value is -1.33. The molecule has 2 aromatic rings. The maximum Gasteiger partial charge on any atom is 0.323 e. The highest BCUT2D eigenvalue weighted by Crippen LogP contribution is 2.38. The first-order valence-electron chi connectivity index (χ1n) is 7.11. The monoisotopic (exact) mass is 325 g/mol. The van der Waals surface area contributed by atoms with E-state index < -0.39 is 5.97 Å². The average Bonchev–Trinajstić information content (AvgIpc) is 2.74. The van der Waals surface area contributed by atoms with Gasteiger partial charge >= 0.3 is 10.8 Å². The lowest BCUT2D eigenvalue weighted by atomic mass is 9.84. The predicted molar refractivity (Wildman–Crippen MR) is 84.6 cm³/mol. The number of halogens is 1. The summed E-state index contributed by atoms with van der Waals surface area (Å²) >= 11 is 7.49. The van der Waals surface area contributed by atoms with Gasteiger partial charge in [-0.3, -0.25) is 14.2 Å². The van der Waals surface area contributed by atoms with Crippen molar-refractivity contribution in [2.24, 2.45) is 0 Å². The fraction of sp³-hybridized carbons (Fsp3) is 0.467.